The van der Waals surface area contributed by atoms with E-state index in [1.807, 2.05) is 18.2 Å². The Morgan fingerprint density at radius 3 is 2.68 bits per heavy atom. The van der Waals surface area contributed by atoms with Crippen LogP contribution in [0.15, 0.2) is 30.5 Å². The van der Waals surface area contributed by atoms with Crippen molar-refractivity contribution < 1.29 is 0 Å². The van der Waals surface area contributed by atoms with E-state index in [1.54, 1.807) is 6.20 Å². The molecule has 0 bridgehead atoms. The lowest BCUT2D eigenvalue weighted by atomic mass is 9.95. The van der Waals surface area contributed by atoms with Crippen molar-refractivity contribution >= 4 is 16.6 Å². The second-order valence-electron chi connectivity index (χ2n) is 4.90. The van der Waals surface area contributed by atoms with Crippen LogP contribution in [0.1, 0.15) is 26.7 Å². The van der Waals surface area contributed by atoms with Gasteiger partial charge in [-0.3, -0.25) is 0 Å². The van der Waals surface area contributed by atoms with Crippen LogP contribution in [-0.2, 0) is 0 Å². The highest BCUT2D eigenvalue weighted by atomic mass is 15.2. The maximum atomic E-state index is 6.22. The van der Waals surface area contributed by atoms with Crippen LogP contribution in [0.2, 0.25) is 0 Å². The number of nitrogens with two attached hydrogens (primary N) is 1. The molecule has 19 heavy (non-hydrogen) atoms. The second-order valence-corrected chi connectivity index (χ2v) is 4.90. The van der Waals surface area contributed by atoms with Crippen molar-refractivity contribution in [3.05, 3.63) is 30.5 Å². The van der Waals surface area contributed by atoms with E-state index < -0.39 is 0 Å². The zero-order valence-corrected chi connectivity index (χ0v) is 11.6. The molecule has 0 aliphatic carbocycles. The highest BCUT2D eigenvalue weighted by molar-refractivity contribution is 5.90. The molecule has 2 aromatic rings. The van der Waals surface area contributed by atoms with Crippen molar-refractivity contribution in [2.75, 3.05) is 11.9 Å². The van der Waals surface area contributed by atoms with Crippen LogP contribution in [0.25, 0.3) is 10.8 Å². The minimum absolute atomic E-state index is 0.149. The lowest BCUT2D eigenvalue weighted by molar-refractivity contribution is 0.407. The van der Waals surface area contributed by atoms with Crippen molar-refractivity contribution in [3.63, 3.8) is 0 Å². The van der Waals surface area contributed by atoms with Crippen molar-refractivity contribution in [2.45, 2.75) is 32.7 Å². The van der Waals surface area contributed by atoms with Crippen molar-refractivity contribution in [2.24, 2.45) is 11.7 Å². The van der Waals surface area contributed by atoms with Gasteiger partial charge in [0.05, 0.1) is 6.20 Å². The molecule has 102 valence electrons. The summed E-state index contributed by atoms with van der Waals surface area (Å²) in [5.41, 5.74) is 6.22. The van der Waals surface area contributed by atoms with Crippen LogP contribution in [-0.4, -0.2) is 22.8 Å². The number of benzene rings is 1. The van der Waals surface area contributed by atoms with Gasteiger partial charge in [-0.2, -0.15) is 5.10 Å². The van der Waals surface area contributed by atoms with Gasteiger partial charge in [0.15, 0.2) is 5.82 Å². The molecule has 0 saturated carbocycles. The van der Waals surface area contributed by atoms with Crippen LogP contribution >= 0.6 is 0 Å². The molecule has 1 unspecified atom stereocenters. The fourth-order valence-electron chi connectivity index (χ4n) is 2.43. The Balaban J connectivity index is 2.09. The molecule has 0 saturated heterocycles. The fourth-order valence-corrected chi connectivity index (χ4v) is 2.43. The third kappa shape index (κ3) is 3.20. The summed E-state index contributed by atoms with van der Waals surface area (Å²) >= 11 is 0. The van der Waals surface area contributed by atoms with E-state index in [1.165, 1.54) is 0 Å². The highest BCUT2D eigenvalue weighted by Gasteiger charge is 2.14. The average Bonchev–Trinajstić information content (AvgIpc) is 2.46. The SMILES string of the molecule is CCC(CC)C(N)CNc1nncc2ccccc12. The number of anilines is 1. The number of hydrogen-bond donors (Lipinski definition) is 2. The van der Waals surface area contributed by atoms with E-state index in [-0.39, 0.29) is 6.04 Å². The average molecular weight is 258 g/mol. The molecular formula is C15H22N4. The zero-order chi connectivity index (χ0) is 13.7. The highest BCUT2D eigenvalue weighted by Crippen LogP contribution is 2.19. The molecule has 0 amide bonds. The Morgan fingerprint density at radius 1 is 1.21 bits per heavy atom. The molecule has 0 aliphatic heterocycles. The van der Waals surface area contributed by atoms with Crippen molar-refractivity contribution in [3.8, 4) is 0 Å². The summed E-state index contributed by atoms with van der Waals surface area (Å²) in [5, 5.41) is 13.7. The van der Waals surface area contributed by atoms with Gasteiger partial charge in [-0.25, -0.2) is 0 Å². The first-order chi connectivity index (χ1) is 9.26. The molecule has 4 nitrogen and oxygen atoms in total. The molecule has 1 aromatic heterocycles. The Morgan fingerprint density at radius 2 is 1.95 bits per heavy atom. The maximum Gasteiger partial charge on any atom is 0.156 e. The number of nitrogens with zero attached hydrogens (tertiary/aromatic N) is 2. The van der Waals surface area contributed by atoms with Gasteiger partial charge in [-0.15, -0.1) is 5.10 Å². The van der Waals surface area contributed by atoms with Crippen LogP contribution in [0.5, 0.6) is 0 Å². The summed E-state index contributed by atoms with van der Waals surface area (Å²) in [6.07, 6.45) is 4.00. The van der Waals surface area contributed by atoms with Gasteiger partial charge in [-0.1, -0.05) is 51.0 Å². The summed E-state index contributed by atoms with van der Waals surface area (Å²) < 4.78 is 0. The molecule has 4 heteroatoms. The minimum Gasteiger partial charge on any atom is -0.366 e. The molecule has 0 aliphatic rings. The van der Waals surface area contributed by atoms with Gasteiger partial charge in [0, 0.05) is 23.4 Å². The lowest BCUT2D eigenvalue weighted by Gasteiger charge is -2.21. The molecule has 0 fully saturated rings. The number of fused-ring (bicyclic) bond motifs is 1. The van der Waals surface area contributed by atoms with Gasteiger partial charge in [0.25, 0.3) is 0 Å². The molecule has 1 heterocycles. The van der Waals surface area contributed by atoms with E-state index in [0.717, 1.165) is 36.0 Å². The summed E-state index contributed by atoms with van der Waals surface area (Å²) in [5.74, 6) is 1.37. The van der Waals surface area contributed by atoms with Crippen molar-refractivity contribution in [1.82, 2.24) is 10.2 Å². The molecule has 2 rings (SSSR count). The Kier molecular flexibility index (Phi) is 4.68. The topological polar surface area (TPSA) is 63.8 Å². The van der Waals surface area contributed by atoms with Crippen LogP contribution in [0.4, 0.5) is 5.82 Å². The monoisotopic (exact) mass is 258 g/mol. The van der Waals surface area contributed by atoms with Crippen molar-refractivity contribution in [1.29, 1.82) is 0 Å². The molecule has 0 spiro atoms. The molecule has 3 N–H and O–H groups in total. The number of rotatable bonds is 6. The minimum atomic E-state index is 0.149. The van der Waals surface area contributed by atoms with Gasteiger partial charge < -0.3 is 11.1 Å². The van der Waals surface area contributed by atoms with E-state index in [2.05, 4.69) is 35.4 Å². The maximum absolute atomic E-state index is 6.22. The predicted molar refractivity (Wildman–Crippen MR) is 80.1 cm³/mol. The first-order valence-electron chi connectivity index (χ1n) is 6.96. The molecule has 1 aromatic carbocycles. The molecule has 1 atom stereocenters. The van der Waals surface area contributed by atoms with Crippen LogP contribution < -0.4 is 11.1 Å². The van der Waals surface area contributed by atoms with E-state index in [9.17, 15) is 0 Å². The number of hydrogen-bond acceptors (Lipinski definition) is 4. The second kappa shape index (κ2) is 6.48. The van der Waals surface area contributed by atoms with E-state index in [4.69, 9.17) is 5.73 Å². The van der Waals surface area contributed by atoms with Gasteiger partial charge >= 0.3 is 0 Å². The van der Waals surface area contributed by atoms with Crippen LogP contribution in [0.3, 0.4) is 0 Å². The quantitative estimate of drug-likeness (QED) is 0.836. The normalized spacial score (nSPS) is 12.8. The molecule has 0 radical (unpaired) electrons. The lowest BCUT2D eigenvalue weighted by Crippen LogP contribution is -2.36. The van der Waals surface area contributed by atoms with E-state index in [0.29, 0.717) is 5.92 Å². The Labute approximate surface area is 114 Å². The predicted octanol–water partition coefficient (Wildman–Crippen LogP) is 2.81. The molecular weight excluding hydrogens is 236 g/mol. The third-order valence-corrected chi connectivity index (χ3v) is 3.73. The summed E-state index contributed by atoms with van der Waals surface area (Å²) in [4.78, 5) is 0. The first-order valence-corrected chi connectivity index (χ1v) is 6.96. The summed E-state index contributed by atoms with van der Waals surface area (Å²) in [7, 11) is 0. The standard InChI is InChI=1S/C15H22N4/c1-3-11(4-2)14(16)10-17-15-13-8-6-5-7-12(13)9-18-19-15/h5-9,11,14H,3-4,10,16H2,1-2H3,(H,17,19). The Hall–Kier alpha value is -1.68. The van der Waals surface area contributed by atoms with Gasteiger partial charge in [-0.05, 0) is 5.92 Å². The first kappa shape index (κ1) is 13.7. The Bertz CT molecular complexity index is 517. The van der Waals surface area contributed by atoms with E-state index >= 15 is 0 Å². The summed E-state index contributed by atoms with van der Waals surface area (Å²) in [6.45, 7) is 5.10. The van der Waals surface area contributed by atoms with Crippen LogP contribution in [0, 0.1) is 5.92 Å². The van der Waals surface area contributed by atoms with Gasteiger partial charge in [0.2, 0.25) is 0 Å². The zero-order valence-electron chi connectivity index (χ0n) is 11.6. The number of aromatic nitrogens is 2. The number of nitrogens with one attached hydrogen (secondary N) is 1. The third-order valence-electron chi connectivity index (χ3n) is 3.73. The summed E-state index contributed by atoms with van der Waals surface area (Å²) in [6, 6.07) is 8.25. The smallest absolute Gasteiger partial charge is 0.156 e. The fraction of sp³-hybridized carbons (Fsp3) is 0.467. The van der Waals surface area contributed by atoms with Gasteiger partial charge in [0.1, 0.15) is 0 Å². The largest absolute Gasteiger partial charge is 0.366 e.